The van der Waals surface area contributed by atoms with Crippen molar-refractivity contribution in [2.75, 3.05) is 18.9 Å². The Morgan fingerprint density at radius 3 is 2.82 bits per heavy atom. The van der Waals surface area contributed by atoms with Crippen molar-refractivity contribution in [3.8, 4) is 0 Å². The normalized spacial score (nSPS) is 20.9. The van der Waals surface area contributed by atoms with E-state index in [4.69, 9.17) is 4.42 Å². The zero-order valence-corrected chi connectivity index (χ0v) is 13.3. The van der Waals surface area contributed by atoms with E-state index in [0.717, 1.165) is 16.8 Å². The molecule has 1 atom stereocenters. The van der Waals surface area contributed by atoms with Crippen LogP contribution in [0.5, 0.6) is 0 Å². The zero-order chi connectivity index (χ0) is 15.4. The van der Waals surface area contributed by atoms with Crippen LogP contribution in [0, 0.1) is 0 Å². The number of hydrogen-bond donors (Lipinski definition) is 0. The Morgan fingerprint density at radius 1 is 1.27 bits per heavy atom. The Kier molecular flexibility index (Phi) is 2.76. The summed E-state index contributed by atoms with van der Waals surface area (Å²) in [4.78, 5) is 11.1. The van der Waals surface area contributed by atoms with Crippen molar-refractivity contribution in [3.63, 3.8) is 0 Å². The number of nitrogens with zero attached hydrogens (tertiary/aromatic N) is 4. The molecule has 0 aliphatic carbocycles. The highest BCUT2D eigenvalue weighted by Gasteiger charge is 2.40. The fourth-order valence-corrected chi connectivity index (χ4v) is 3.42. The molecular weight excluding hydrogens is 275 g/mol. The lowest BCUT2D eigenvalue weighted by atomic mass is 9.61. The number of anilines is 1. The maximum absolute atomic E-state index is 6.01. The number of hydrogen-bond acceptors (Lipinski definition) is 5. The molecule has 2 aromatic heterocycles. The van der Waals surface area contributed by atoms with Gasteiger partial charge < -0.3 is 18.9 Å². The smallest absolute Gasteiger partial charge is 0.410 e. The van der Waals surface area contributed by atoms with E-state index in [1.54, 1.807) is 6.20 Å². The molecule has 0 radical (unpaired) electrons. The van der Waals surface area contributed by atoms with Crippen LogP contribution in [0.4, 0.5) is 5.88 Å². The summed E-state index contributed by atoms with van der Waals surface area (Å²) in [5.41, 5.74) is 3.13. The van der Waals surface area contributed by atoms with Crippen LogP contribution in [0.15, 0.2) is 40.6 Å². The van der Waals surface area contributed by atoms with E-state index in [9.17, 15) is 0 Å². The van der Waals surface area contributed by atoms with E-state index in [0.29, 0.717) is 11.9 Å². The molecule has 22 heavy (non-hydrogen) atoms. The highest BCUT2D eigenvalue weighted by Crippen LogP contribution is 2.38. The fraction of sp³-hybridized carbons (Fsp3) is 0.312. The maximum atomic E-state index is 6.01. The highest BCUT2D eigenvalue weighted by atomic mass is 16.4. The van der Waals surface area contributed by atoms with E-state index in [2.05, 4.69) is 72.0 Å². The van der Waals surface area contributed by atoms with Crippen molar-refractivity contribution in [1.82, 2.24) is 14.7 Å². The SMILES string of the molecule is CC1=Cc2c(oc3ncccc23)N(C)B1N1C=CN(C)[C@@H]1C. The van der Waals surface area contributed by atoms with Crippen molar-refractivity contribution in [1.29, 1.82) is 0 Å². The average Bonchev–Trinajstić information content (AvgIpc) is 3.03. The molecule has 2 aliphatic rings. The molecule has 112 valence electrons. The largest absolute Gasteiger partial charge is 0.423 e. The second-order valence-corrected chi connectivity index (χ2v) is 6.09. The lowest BCUT2D eigenvalue weighted by molar-refractivity contribution is 0.272. The molecule has 0 saturated carbocycles. The van der Waals surface area contributed by atoms with Crippen LogP contribution in [0.2, 0.25) is 0 Å². The van der Waals surface area contributed by atoms with Gasteiger partial charge in [0, 0.05) is 36.6 Å². The van der Waals surface area contributed by atoms with Gasteiger partial charge in [0.1, 0.15) is 0 Å². The van der Waals surface area contributed by atoms with Crippen molar-refractivity contribution in [2.45, 2.75) is 20.0 Å². The minimum Gasteiger partial charge on any atom is -0.423 e. The predicted octanol–water partition coefficient (Wildman–Crippen LogP) is 2.77. The Bertz CT molecular complexity index is 797. The lowest BCUT2D eigenvalue weighted by Gasteiger charge is -2.39. The first-order valence-corrected chi connectivity index (χ1v) is 7.54. The number of pyridine rings is 1. The standard InChI is InChI=1S/C16H19BN4O/c1-11-10-14-13-6-5-7-18-15(13)22-16(14)20(4)17(11)21-9-8-19(3)12(21)2/h5-10,12H,1-4H3/t12-/m0/s1. The van der Waals surface area contributed by atoms with Crippen molar-refractivity contribution >= 4 is 30.0 Å². The van der Waals surface area contributed by atoms with E-state index in [1.807, 2.05) is 6.07 Å². The summed E-state index contributed by atoms with van der Waals surface area (Å²) < 4.78 is 6.01. The summed E-state index contributed by atoms with van der Waals surface area (Å²) in [5, 5.41) is 1.07. The number of rotatable bonds is 1. The summed E-state index contributed by atoms with van der Waals surface area (Å²) in [5.74, 6) is 0.888. The third kappa shape index (κ3) is 1.70. The Balaban J connectivity index is 1.82. The summed E-state index contributed by atoms with van der Waals surface area (Å²) in [7, 11) is 4.18. The molecule has 0 spiro atoms. The first kappa shape index (κ1) is 13.3. The molecule has 4 rings (SSSR count). The Morgan fingerprint density at radius 2 is 2.09 bits per heavy atom. The summed E-state index contributed by atoms with van der Waals surface area (Å²) >= 11 is 0. The van der Waals surface area contributed by atoms with Gasteiger partial charge in [0.15, 0.2) is 5.88 Å². The van der Waals surface area contributed by atoms with Gasteiger partial charge in [-0.15, -0.1) is 0 Å². The van der Waals surface area contributed by atoms with Gasteiger partial charge in [-0.3, -0.25) is 0 Å². The number of furan rings is 1. The zero-order valence-electron chi connectivity index (χ0n) is 13.3. The molecular formula is C16H19BN4O. The molecule has 4 heterocycles. The summed E-state index contributed by atoms with van der Waals surface area (Å²) in [6.45, 7) is 4.54. The minimum atomic E-state index is 0.157. The van der Waals surface area contributed by atoms with Crippen LogP contribution in [0.25, 0.3) is 17.2 Å². The van der Waals surface area contributed by atoms with Crippen LogP contribution in [0.3, 0.4) is 0 Å². The van der Waals surface area contributed by atoms with Crippen LogP contribution < -0.4 is 4.81 Å². The van der Waals surface area contributed by atoms with Crippen molar-refractivity contribution in [2.24, 2.45) is 0 Å². The van der Waals surface area contributed by atoms with Crippen LogP contribution in [0.1, 0.15) is 19.4 Å². The predicted molar refractivity (Wildman–Crippen MR) is 90.0 cm³/mol. The molecule has 0 N–H and O–H groups in total. The van der Waals surface area contributed by atoms with Crippen LogP contribution in [-0.2, 0) is 0 Å². The quantitative estimate of drug-likeness (QED) is 0.756. The van der Waals surface area contributed by atoms with Gasteiger partial charge in [0.2, 0.25) is 5.71 Å². The van der Waals surface area contributed by atoms with Gasteiger partial charge in [-0.1, -0.05) is 11.5 Å². The number of fused-ring (bicyclic) bond motifs is 3. The van der Waals surface area contributed by atoms with Gasteiger partial charge >= 0.3 is 6.98 Å². The molecule has 2 aliphatic heterocycles. The Hall–Kier alpha value is -2.37. The summed E-state index contributed by atoms with van der Waals surface area (Å²) in [6.07, 6.45) is 8.58. The summed E-state index contributed by atoms with van der Waals surface area (Å²) in [6, 6.07) is 4.02. The van der Waals surface area contributed by atoms with Crippen LogP contribution >= 0.6 is 0 Å². The highest BCUT2D eigenvalue weighted by molar-refractivity contribution is 6.69. The fourth-order valence-electron chi connectivity index (χ4n) is 3.42. The monoisotopic (exact) mass is 294 g/mol. The molecule has 0 unspecified atom stereocenters. The molecule has 0 fully saturated rings. The minimum absolute atomic E-state index is 0.157. The molecule has 2 aromatic rings. The lowest BCUT2D eigenvalue weighted by Crippen LogP contribution is -2.55. The first-order valence-electron chi connectivity index (χ1n) is 7.54. The first-order chi connectivity index (χ1) is 10.6. The second-order valence-electron chi connectivity index (χ2n) is 6.09. The third-order valence-corrected chi connectivity index (χ3v) is 4.73. The number of aromatic nitrogens is 1. The molecule has 5 nitrogen and oxygen atoms in total. The second kappa shape index (κ2) is 4.56. The molecule has 0 saturated heterocycles. The Labute approximate surface area is 130 Å². The third-order valence-electron chi connectivity index (χ3n) is 4.73. The van der Waals surface area contributed by atoms with E-state index in [1.165, 1.54) is 5.47 Å². The van der Waals surface area contributed by atoms with E-state index < -0.39 is 0 Å². The van der Waals surface area contributed by atoms with Gasteiger partial charge in [-0.25, -0.2) is 4.98 Å². The molecule has 0 bridgehead atoms. The van der Waals surface area contributed by atoms with Crippen molar-refractivity contribution in [3.05, 3.63) is 41.8 Å². The molecule has 6 heteroatoms. The van der Waals surface area contributed by atoms with Crippen LogP contribution in [-0.4, -0.2) is 41.9 Å². The molecule has 0 amide bonds. The maximum Gasteiger partial charge on any atom is 0.410 e. The van der Waals surface area contributed by atoms with Gasteiger partial charge in [-0.05, 0) is 33.0 Å². The topological polar surface area (TPSA) is 35.8 Å². The van der Waals surface area contributed by atoms with E-state index >= 15 is 0 Å². The van der Waals surface area contributed by atoms with Crippen molar-refractivity contribution < 1.29 is 4.42 Å². The van der Waals surface area contributed by atoms with Gasteiger partial charge in [0.05, 0.1) is 6.17 Å². The van der Waals surface area contributed by atoms with Gasteiger partial charge in [-0.2, -0.15) is 0 Å². The van der Waals surface area contributed by atoms with E-state index in [-0.39, 0.29) is 6.98 Å². The molecule has 0 aromatic carbocycles. The average molecular weight is 294 g/mol. The number of allylic oxidation sites excluding steroid dienone is 1. The van der Waals surface area contributed by atoms with Gasteiger partial charge in [0.25, 0.3) is 0 Å².